The predicted molar refractivity (Wildman–Crippen MR) is 110 cm³/mol. The monoisotopic (exact) mass is 414 g/mol. The molecule has 0 aliphatic carbocycles. The molecule has 0 spiro atoms. The van der Waals surface area contributed by atoms with Crippen molar-refractivity contribution >= 4 is 29.1 Å². The first-order valence-corrected chi connectivity index (χ1v) is 10.2. The Morgan fingerprint density at radius 2 is 1.97 bits per heavy atom. The van der Waals surface area contributed by atoms with Crippen LogP contribution in [0.2, 0.25) is 5.02 Å². The van der Waals surface area contributed by atoms with Crippen molar-refractivity contribution in [1.29, 1.82) is 0 Å². The molecule has 2 aromatic rings. The van der Waals surface area contributed by atoms with Gasteiger partial charge in [-0.05, 0) is 36.8 Å². The number of halogens is 1. The van der Waals surface area contributed by atoms with E-state index in [1.54, 1.807) is 9.80 Å². The topological polar surface area (TPSA) is 59.1 Å². The highest BCUT2D eigenvalue weighted by molar-refractivity contribution is 6.30. The van der Waals surface area contributed by atoms with Gasteiger partial charge < -0.3 is 19.3 Å². The minimum absolute atomic E-state index is 0.0131. The van der Waals surface area contributed by atoms with Crippen molar-refractivity contribution in [2.24, 2.45) is 5.92 Å². The van der Waals surface area contributed by atoms with Gasteiger partial charge in [-0.2, -0.15) is 0 Å². The molecule has 0 bridgehead atoms. The lowest BCUT2D eigenvalue weighted by Crippen LogP contribution is -2.37. The number of carbonyl (C=O) groups excluding carboxylic acids is 2. The lowest BCUT2D eigenvalue weighted by atomic mass is 10.1. The van der Waals surface area contributed by atoms with Gasteiger partial charge in [0.05, 0.1) is 5.92 Å². The van der Waals surface area contributed by atoms with Crippen LogP contribution in [0.5, 0.6) is 11.5 Å². The maximum Gasteiger partial charge on any atom is 0.228 e. The summed E-state index contributed by atoms with van der Waals surface area (Å²) in [5.74, 6) is 0.875. The Morgan fingerprint density at radius 1 is 1.17 bits per heavy atom. The van der Waals surface area contributed by atoms with E-state index in [-0.39, 0.29) is 24.2 Å². The van der Waals surface area contributed by atoms with E-state index in [0.717, 1.165) is 11.3 Å². The summed E-state index contributed by atoms with van der Waals surface area (Å²) in [7, 11) is 0. The normalized spacial score (nSPS) is 18.1. The van der Waals surface area contributed by atoms with Crippen molar-refractivity contribution in [2.75, 3.05) is 31.2 Å². The van der Waals surface area contributed by atoms with E-state index in [1.807, 2.05) is 49.4 Å². The van der Waals surface area contributed by atoms with Gasteiger partial charge in [-0.25, -0.2) is 0 Å². The zero-order valence-corrected chi connectivity index (χ0v) is 17.0. The third kappa shape index (κ3) is 4.17. The highest BCUT2D eigenvalue weighted by atomic mass is 35.5. The fraction of sp³-hybridized carbons (Fsp3) is 0.364. The fourth-order valence-corrected chi connectivity index (χ4v) is 3.99. The molecular formula is C22H23ClN2O4. The molecule has 29 heavy (non-hydrogen) atoms. The molecule has 0 aromatic heterocycles. The maximum absolute atomic E-state index is 13.1. The molecule has 7 heteroatoms. The molecule has 1 fully saturated rings. The molecule has 2 amide bonds. The van der Waals surface area contributed by atoms with Gasteiger partial charge in [-0.15, -0.1) is 0 Å². The molecule has 4 rings (SSSR count). The van der Waals surface area contributed by atoms with Crippen LogP contribution in [0.3, 0.4) is 0 Å². The molecule has 0 radical (unpaired) electrons. The molecule has 2 heterocycles. The number of fused-ring (bicyclic) bond motifs is 1. The van der Waals surface area contributed by atoms with E-state index in [0.29, 0.717) is 49.4 Å². The Hall–Kier alpha value is -2.73. The average Bonchev–Trinajstić information content (AvgIpc) is 3.13. The molecule has 1 atom stereocenters. The van der Waals surface area contributed by atoms with Crippen molar-refractivity contribution in [3.05, 3.63) is 53.1 Å². The van der Waals surface area contributed by atoms with Crippen LogP contribution in [-0.4, -0.2) is 43.0 Å². The SMILES string of the molecule is CCN(Cc1cccc(Cl)c1)C(=O)C1CC(=O)N(c2ccc3c(c2)OCCO3)C1. The number of nitrogens with zero attached hydrogens (tertiary/aromatic N) is 2. The fourth-order valence-electron chi connectivity index (χ4n) is 3.78. The Bertz CT molecular complexity index is 933. The second kappa shape index (κ2) is 8.33. The summed E-state index contributed by atoms with van der Waals surface area (Å²) in [6, 6.07) is 12.9. The van der Waals surface area contributed by atoms with E-state index in [1.165, 1.54) is 0 Å². The molecular weight excluding hydrogens is 392 g/mol. The molecule has 152 valence electrons. The molecule has 2 aromatic carbocycles. The minimum atomic E-state index is -0.366. The number of hydrogen-bond acceptors (Lipinski definition) is 4. The average molecular weight is 415 g/mol. The van der Waals surface area contributed by atoms with Crippen molar-refractivity contribution in [3.63, 3.8) is 0 Å². The van der Waals surface area contributed by atoms with Crippen LogP contribution in [0.25, 0.3) is 0 Å². The number of rotatable bonds is 5. The van der Waals surface area contributed by atoms with Crippen LogP contribution in [0, 0.1) is 5.92 Å². The third-order valence-electron chi connectivity index (χ3n) is 5.27. The standard InChI is InChI=1S/C22H23ClN2O4/c1-2-24(13-15-4-3-5-17(23)10-15)22(27)16-11-21(26)25(14-16)18-6-7-19-20(12-18)29-9-8-28-19/h3-7,10,12,16H,2,8-9,11,13-14H2,1H3. The summed E-state index contributed by atoms with van der Waals surface area (Å²) in [6.45, 7) is 4.36. The van der Waals surface area contributed by atoms with E-state index in [9.17, 15) is 9.59 Å². The lowest BCUT2D eigenvalue weighted by molar-refractivity contribution is -0.136. The van der Waals surface area contributed by atoms with Gasteiger partial charge in [-0.3, -0.25) is 9.59 Å². The summed E-state index contributed by atoms with van der Waals surface area (Å²) >= 11 is 6.06. The van der Waals surface area contributed by atoms with E-state index >= 15 is 0 Å². The summed E-state index contributed by atoms with van der Waals surface area (Å²) < 4.78 is 11.2. The Balaban J connectivity index is 1.47. The highest BCUT2D eigenvalue weighted by Gasteiger charge is 2.37. The second-order valence-corrected chi connectivity index (χ2v) is 7.65. The number of hydrogen-bond donors (Lipinski definition) is 0. The largest absolute Gasteiger partial charge is 0.486 e. The summed E-state index contributed by atoms with van der Waals surface area (Å²) in [6.07, 6.45) is 0.208. The van der Waals surface area contributed by atoms with Crippen molar-refractivity contribution < 1.29 is 19.1 Å². The Morgan fingerprint density at radius 3 is 2.72 bits per heavy atom. The number of amides is 2. The van der Waals surface area contributed by atoms with Crippen LogP contribution in [0.15, 0.2) is 42.5 Å². The van der Waals surface area contributed by atoms with Crippen molar-refractivity contribution in [1.82, 2.24) is 4.90 Å². The van der Waals surface area contributed by atoms with Crippen LogP contribution >= 0.6 is 11.6 Å². The Kier molecular flexibility index (Phi) is 5.62. The van der Waals surface area contributed by atoms with Crippen LogP contribution < -0.4 is 14.4 Å². The van der Waals surface area contributed by atoms with Crippen LogP contribution in [-0.2, 0) is 16.1 Å². The number of anilines is 1. The molecule has 1 saturated heterocycles. The number of carbonyl (C=O) groups is 2. The van der Waals surface area contributed by atoms with Gasteiger partial charge in [0.2, 0.25) is 11.8 Å². The van der Waals surface area contributed by atoms with E-state index < -0.39 is 0 Å². The molecule has 6 nitrogen and oxygen atoms in total. The van der Waals surface area contributed by atoms with Gasteiger partial charge in [0.1, 0.15) is 13.2 Å². The van der Waals surface area contributed by atoms with E-state index in [2.05, 4.69) is 0 Å². The van der Waals surface area contributed by atoms with Gasteiger partial charge in [0.25, 0.3) is 0 Å². The first-order valence-electron chi connectivity index (χ1n) is 9.78. The molecule has 0 saturated carbocycles. The van der Waals surface area contributed by atoms with Gasteiger partial charge in [0.15, 0.2) is 11.5 Å². The molecule has 2 aliphatic rings. The van der Waals surface area contributed by atoms with Gasteiger partial charge in [-0.1, -0.05) is 23.7 Å². The lowest BCUT2D eigenvalue weighted by Gasteiger charge is -2.25. The predicted octanol–water partition coefficient (Wildman–Crippen LogP) is 3.51. The zero-order valence-electron chi connectivity index (χ0n) is 16.3. The summed E-state index contributed by atoms with van der Waals surface area (Å²) in [5, 5.41) is 0.645. The smallest absolute Gasteiger partial charge is 0.228 e. The molecule has 1 unspecified atom stereocenters. The minimum Gasteiger partial charge on any atom is -0.486 e. The first kappa shape index (κ1) is 19.6. The van der Waals surface area contributed by atoms with Gasteiger partial charge in [0, 0.05) is 42.8 Å². The zero-order chi connectivity index (χ0) is 20.4. The van der Waals surface area contributed by atoms with Crippen molar-refractivity contribution in [2.45, 2.75) is 19.9 Å². The highest BCUT2D eigenvalue weighted by Crippen LogP contribution is 2.36. The second-order valence-electron chi connectivity index (χ2n) is 7.22. The van der Waals surface area contributed by atoms with Crippen LogP contribution in [0.4, 0.5) is 5.69 Å². The summed E-state index contributed by atoms with van der Waals surface area (Å²) in [5.41, 5.74) is 1.70. The maximum atomic E-state index is 13.1. The van der Waals surface area contributed by atoms with Gasteiger partial charge >= 0.3 is 0 Å². The first-order chi connectivity index (χ1) is 14.0. The van der Waals surface area contributed by atoms with Crippen LogP contribution in [0.1, 0.15) is 18.9 Å². The Labute approximate surface area is 174 Å². The van der Waals surface area contributed by atoms with Crippen molar-refractivity contribution in [3.8, 4) is 11.5 Å². The molecule has 0 N–H and O–H groups in total. The third-order valence-corrected chi connectivity index (χ3v) is 5.50. The quantitative estimate of drug-likeness (QED) is 0.751. The summed E-state index contributed by atoms with van der Waals surface area (Å²) in [4.78, 5) is 29.2. The number of benzene rings is 2. The number of ether oxygens (including phenoxy) is 2. The molecule has 2 aliphatic heterocycles. The van der Waals surface area contributed by atoms with E-state index in [4.69, 9.17) is 21.1 Å².